The van der Waals surface area contributed by atoms with E-state index in [0.717, 1.165) is 19.4 Å². The molecule has 3 nitrogen and oxygen atoms in total. The molecule has 1 heterocycles. The zero-order valence-electron chi connectivity index (χ0n) is 11.8. The first kappa shape index (κ1) is 15.4. The van der Waals surface area contributed by atoms with Crippen molar-refractivity contribution in [3.05, 3.63) is 35.4 Å². The van der Waals surface area contributed by atoms with Crippen molar-refractivity contribution in [3.63, 3.8) is 0 Å². The van der Waals surface area contributed by atoms with Crippen molar-refractivity contribution in [2.45, 2.75) is 31.8 Å². The molecule has 112 valence electrons. The molecule has 0 bridgehead atoms. The van der Waals surface area contributed by atoms with Crippen molar-refractivity contribution in [3.8, 4) is 0 Å². The average molecular weight is 284 g/mol. The molecule has 2 atom stereocenters. The number of aliphatic hydroxyl groups excluding tert-OH is 1. The van der Waals surface area contributed by atoms with E-state index in [4.69, 9.17) is 0 Å². The second-order valence-electron chi connectivity index (χ2n) is 5.32. The summed E-state index contributed by atoms with van der Waals surface area (Å²) in [4.78, 5) is 1.94. The molecule has 0 amide bonds. The molecule has 1 aliphatic rings. The van der Waals surface area contributed by atoms with E-state index in [1.165, 1.54) is 18.2 Å². The molecule has 2 N–H and O–H groups in total. The monoisotopic (exact) mass is 284 g/mol. The molecule has 1 saturated heterocycles. The molecule has 0 aromatic heterocycles. The summed E-state index contributed by atoms with van der Waals surface area (Å²) < 4.78 is 27.7. The van der Waals surface area contributed by atoms with Gasteiger partial charge in [-0.1, -0.05) is 6.07 Å². The lowest BCUT2D eigenvalue weighted by Crippen LogP contribution is -2.40. The van der Waals surface area contributed by atoms with Crippen LogP contribution in [0.15, 0.2) is 18.2 Å². The minimum Gasteiger partial charge on any atom is -0.395 e. The molecule has 0 aliphatic carbocycles. The Balaban J connectivity index is 2.14. The van der Waals surface area contributed by atoms with Crippen LogP contribution in [-0.4, -0.2) is 42.3 Å². The maximum absolute atomic E-state index is 13.9. The standard InChI is InChI=1S/C15H22F2N2O/c1-11(15-13(16)5-2-6-14(15)17)19(8-9-20)10-12-4-3-7-18-12/h2,5-6,11-12,18,20H,3-4,7-10H2,1H3. The summed E-state index contributed by atoms with van der Waals surface area (Å²) in [6.45, 7) is 3.85. The van der Waals surface area contributed by atoms with E-state index in [1.807, 2.05) is 4.90 Å². The quantitative estimate of drug-likeness (QED) is 0.839. The van der Waals surface area contributed by atoms with Crippen LogP contribution < -0.4 is 5.32 Å². The Kier molecular flexibility index (Phi) is 5.46. The topological polar surface area (TPSA) is 35.5 Å². The fraction of sp³-hybridized carbons (Fsp3) is 0.600. The van der Waals surface area contributed by atoms with Crippen LogP contribution in [0.5, 0.6) is 0 Å². The highest BCUT2D eigenvalue weighted by molar-refractivity contribution is 5.23. The molecule has 2 rings (SSSR count). The molecule has 1 aromatic carbocycles. The van der Waals surface area contributed by atoms with E-state index in [2.05, 4.69) is 5.32 Å². The highest BCUT2D eigenvalue weighted by Crippen LogP contribution is 2.26. The summed E-state index contributed by atoms with van der Waals surface area (Å²) in [5, 5.41) is 12.6. The van der Waals surface area contributed by atoms with Gasteiger partial charge in [-0.15, -0.1) is 0 Å². The number of hydrogen-bond donors (Lipinski definition) is 2. The van der Waals surface area contributed by atoms with Gasteiger partial charge in [0.1, 0.15) is 11.6 Å². The van der Waals surface area contributed by atoms with Gasteiger partial charge in [0.05, 0.1) is 6.61 Å². The summed E-state index contributed by atoms with van der Waals surface area (Å²) in [5.74, 6) is -1.06. The van der Waals surface area contributed by atoms with Crippen LogP contribution in [0, 0.1) is 11.6 Å². The van der Waals surface area contributed by atoms with Crippen LogP contribution in [0.3, 0.4) is 0 Å². The summed E-state index contributed by atoms with van der Waals surface area (Å²) >= 11 is 0. The predicted molar refractivity (Wildman–Crippen MR) is 74.5 cm³/mol. The summed E-state index contributed by atoms with van der Waals surface area (Å²) in [6, 6.07) is 3.86. The SMILES string of the molecule is CC(c1c(F)cccc1F)N(CCO)CC1CCCN1. The zero-order chi connectivity index (χ0) is 14.5. The van der Waals surface area contributed by atoms with Crippen LogP contribution >= 0.6 is 0 Å². The Morgan fingerprint density at radius 1 is 1.40 bits per heavy atom. The van der Waals surface area contributed by atoms with E-state index < -0.39 is 17.7 Å². The molecular formula is C15H22F2N2O. The van der Waals surface area contributed by atoms with E-state index >= 15 is 0 Å². The lowest BCUT2D eigenvalue weighted by Gasteiger charge is -2.31. The minimum absolute atomic E-state index is 0.0207. The number of rotatable bonds is 6. The van der Waals surface area contributed by atoms with E-state index in [0.29, 0.717) is 19.1 Å². The summed E-state index contributed by atoms with van der Waals surface area (Å²) in [6.07, 6.45) is 2.19. The Labute approximate surface area is 118 Å². The molecule has 0 spiro atoms. The molecular weight excluding hydrogens is 262 g/mol. The first-order valence-corrected chi connectivity index (χ1v) is 7.15. The lowest BCUT2D eigenvalue weighted by atomic mass is 10.0. The highest BCUT2D eigenvalue weighted by atomic mass is 19.1. The largest absolute Gasteiger partial charge is 0.395 e. The van der Waals surface area contributed by atoms with Crippen molar-refractivity contribution in [1.82, 2.24) is 10.2 Å². The minimum atomic E-state index is -0.528. The number of benzene rings is 1. The third kappa shape index (κ3) is 3.53. The smallest absolute Gasteiger partial charge is 0.130 e. The van der Waals surface area contributed by atoms with Gasteiger partial charge in [0.15, 0.2) is 0 Å². The molecule has 1 aliphatic heterocycles. The van der Waals surface area contributed by atoms with Crippen molar-refractivity contribution in [1.29, 1.82) is 0 Å². The van der Waals surface area contributed by atoms with Crippen LogP contribution in [0.2, 0.25) is 0 Å². The average Bonchev–Trinajstić information content (AvgIpc) is 2.91. The molecule has 1 aromatic rings. The van der Waals surface area contributed by atoms with Crippen LogP contribution in [0.1, 0.15) is 31.4 Å². The maximum Gasteiger partial charge on any atom is 0.130 e. The Morgan fingerprint density at radius 2 is 2.10 bits per heavy atom. The molecule has 0 saturated carbocycles. The molecule has 20 heavy (non-hydrogen) atoms. The second-order valence-corrected chi connectivity index (χ2v) is 5.32. The lowest BCUT2D eigenvalue weighted by molar-refractivity contribution is 0.143. The van der Waals surface area contributed by atoms with Crippen LogP contribution in [0.4, 0.5) is 8.78 Å². The summed E-state index contributed by atoms with van der Waals surface area (Å²) in [7, 11) is 0. The van der Waals surface area contributed by atoms with E-state index in [-0.39, 0.29) is 12.2 Å². The van der Waals surface area contributed by atoms with E-state index in [1.54, 1.807) is 6.92 Å². The predicted octanol–water partition coefficient (Wildman–Crippen LogP) is 2.07. The number of aliphatic hydroxyl groups is 1. The normalized spacial score (nSPS) is 20.6. The molecule has 5 heteroatoms. The third-order valence-electron chi connectivity index (χ3n) is 3.97. The van der Waals surface area contributed by atoms with Gasteiger partial charge in [-0.3, -0.25) is 4.90 Å². The van der Waals surface area contributed by atoms with Crippen molar-refractivity contribution in [2.24, 2.45) is 0 Å². The number of hydrogen-bond acceptors (Lipinski definition) is 3. The van der Waals surface area contributed by atoms with Crippen molar-refractivity contribution < 1.29 is 13.9 Å². The molecule has 1 fully saturated rings. The Morgan fingerprint density at radius 3 is 2.65 bits per heavy atom. The summed E-state index contributed by atoms with van der Waals surface area (Å²) in [5.41, 5.74) is 0.0824. The maximum atomic E-state index is 13.9. The van der Waals surface area contributed by atoms with E-state index in [9.17, 15) is 13.9 Å². The Bertz CT molecular complexity index is 416. The van der Waals surface area contributed by atoms with Gasteiger partial charge in [-0.05, 0) is 38.4 Å². The molecule has 2 unspecified atom stereocenters. The number of halogens is 2. The van der Waals surface area contributed by atoms with Gasteiger partial charge in [-0.2, -0.15) is 0 Å². The zero-order valence-corrected chi connectivity index (χ0v) is 11.8. The van der Waals surface area contributed by atoms with Gasteiger partial charge in [0, 0.05) is 30.7 Å². The fourth-order valence-electron chi connectivity index (χ4n) is 2.86. The van der Waals surface area contributed by atoms with Crippen molar-refractivity contribution >= 4 is 0 Å². The molecule has 0 radical (unpaired) electrons. The van der Waals surface area contributed by atoms with Crippen LogP contribution in [0.25, 0.3) is 0 Å². The third-order valence-corrected chi connectivity index (χ3v) is 3.97. The van der Waals surface area contributed by atoms with Gasteiger partial charge in [0.25, 0.3) is 0 Å². The first-order valence-electron chi connectivity index (χ1n) is 7.15. The van der Waals surface area contributed by atoms with Gasteiger partial charge >= 0.3 is 0 Å². The van der Waals surface area contributed by atoms with Gasteiger partial charge in [0.2, 0.25) is 0 Å². The fourth-order valence-corrected chi connectivity index (χ4v) is 2.86. The first-order chi connectivity index (χ1) is 9.63. The second kappa shape index (κ2) is 7.11. The van der Waals surface area contributed by atoms with Gasteiger partial charge in [-0.25, -0.2) is 8.78 Å². The highest BCUT2D eigenvalue weighted by Gasteiger charge is 2.25. The van der Waals surface area contributed by atoms with Crippen molar-refractivity contribution in [2.75, 3.05) is 26.2 Å². The number of nitrogens with zero attached hydrogens (tertiary/aromatic N) is 1. The van der Waals surface area contributed by atoms with Gasteiger partial charge < -0.3 is 10.4 Å². The van der Waals surface area contributed by atoms with Crippen LogP contribution in [-0.2, 0) is 0 Å². The number of nitrogens with one attached hydrogen (secondary N) is 1. The Hall–Kier alpha value is -1.04.